The van der Waals surface area contributed by atoms with Crippen molar-refractivity contribution in [3.63, 3.8) is 0 Å². The molecule has 0 amide bonds. The highest BCUT2D eigenvalue weighted by Crippen LogP contribution is 2.27. The summed E-state index contributed by atoms with van der Waals surface area (Å²) in [7, 11) is 0. The van der Waals surface area contributed by atoms with Gasteiger partial charge in [-0.3, -0.25) is 0 Å². The van der Waals surface area contributed by atoms with Gasteiger partial charge in [0.2, 0.25) is 0 Å². The average molecular weight is 433 g/mol. The third-order valence-corrected chi connectivity index (χ3v) is 5.63. The summed E-state index contributed by atoms with van der Waals surface area (Å²) in [5, 5.41) is 9.50. The zero-order chi connectivity index (χ0) is 23.3. The molecule has 1 N–H and O–H groups in total. The molecule has 0 unspecified atom stereocenters. The van der Waals surface area contributed by atoms with Crippen LogP contribution in [0.2, 0.25) is 0 Å². The summed E-state index contributed by atoms with van der Waals surface area (Å²) in [4.78, 5) is 11.6. The van der Waals surface area contributed by atoms with Crippen LogP contribution < -0.4 is 9.47 Å². The normalized spacial score (nSPS) is 11.1. The Bertz CT molecular complexity index is 1080. The van der Waals surface area contributed by atoms with Gasteiger partial charge in [0.05, 0.1) is 5.56 Å². The number of ether oxygens (including phenoxy) is 2. The minimum atomic E-state index is -0.941. The van der Waals surface area contributed by atoms with Crippen molar-refractivity contribution >= 4 is 5.97 Å². The highest BCUT2D eigenvalue weighted by Gasteiger charge is 2.14. The molecule has 0 aliphatic heterocycles. The van der Waals surface area contributed by atoms with Crippen LogP contribution in [0.1, 0.15) is 77.7 Å². The van der Waals surface area contributed by atoms with E-state index in [9.17, 15) is 9.90 Å². The highest BCUT2D eigenvalue weighted by atomic mass is 16.5. The van der Waals surface area contributed by atoms with Crippen molar-refractivity contribution in [1.82, 2.24) is 0 Å². The summed E-state index contributed by atoms with van der Waals surface area (Å²) in [5.74, 6) is 1.32. The predicted molar refractivity (Wildman–Crippen MR) is 128 cm³/mol. The molecule has 0 aromatic heterocycles. The summed E-state index contributed by atoms with van der Waals surface area (Å²) >= 11 is 0. The molecule has 0 saturated carbocycles. The zero-order valence-electron chi connectivity index (χ0n) is 19.5. The van der Waals surface area contributed by atoms with E-state index in [0.29, 0.717) is 41.1 Å². The number of benzene rings is 3. The van der Waals surface area contributed by atoms with Crippen LogP contribution in [-0.2, 0) is 13.2 Å². The molecule has 4 nitrogen and oxygen atoms in total. The van der Waals surface area contributed by atoms with E-state index in [1.54, 1.807) is 19.1 Å². The van der Waals surface area contributed by atoms with Crippen LogP contribution in [0, 0.1) is 6.92 Å². The topological polar surface area (TPSA) is 55.8 Å². The summed E-state index contributed by atoms with van der Waals surface area (Å²) in [5.41, 5.74) is 5.50. The summed E-state index contributed by atoms with van der Waals surface area (Å²) in [6.45, 7) is 11.3. The fourth-order valence-corrected chi connectivity index (χ4v) is 3.77. The minimum absolute atomic E-state index is 0.181. The minimum Gasteiger partial charge on any atom is -0.489 e. The molecule has 0 heterocycles. The Morgan fingerprint density at radius 3 is 2.03 bits per heavy atom. The Labute approximate surface area is 190 Å². The first-order valence-corrected chi connectivity index (χ1v) is 11.1. The van der Waals surface area contributed by atoms with Gasteiger partial charge in [0, 0.05) is 11.6 Å². The SMILES string of the molecule is Cc1cccc(COc2cccc(OCc3ccc(C(C)C)cc3C(C)C)c2)c1C(=O)O. The standard InChI is InChI=1S/C28H32O4/c1-18(2)21-12-13-22(26(14-21)19(3)4)16-31-24-10-7-11-25(15-24)32-17-23-9-6-8-20(5)27(23)28(29)30/h6-15,18-19H,16-17H2,1-5H3,(H,29,30). The molecule has 0 atom stereocenters. The van der Waals surface area contributed by atoms with Gasteiger partial charge in [0.1, 0.15) is 24.7 Å². The molecule has 0 bridgehead atoms. The van der Waals surface area contributed by atoms with Crippen molar-refractivity contribution in [2.24, 2.45) is 0 Å². The molecule has 0 saturated heterocycles. The molecule has 0 aliphatic rings. The van der Waals surface area contributed by atoms with Crippen molar-refractivity contribution in [3.8, 4) is 11.5 Å². The predicted octanol–water partition coefficient (Wildman–Crippen LogP) is 7.10. The number of hydrogen-bond donors (Lipinski definition) is 1. The maximum absolute atomic E-state index is 11.6. The fraction of sp³-hybridized carbons (Fsp3) is 0.321. The Kier molecular flexibility index (Phi) is 7.57. The van der Waals surface area contributed by atoms with Crippen LogP contribution >= 0.6 is 0 Å². The van der Waals surface area contributed by atoms with E-state index < -0.39 is 5.97 Å². The number of rotatable bonds is 9. The summed E-state index contributed by atoms with van der Waals surface area (Å²) in [6.07, 6.45) is 0. The summed E-state index contributed by atoms with van der Waals surface area (Å²) in [6, 6.07) is 19.5. The van der Waals surface area contributed by atoms with Gasteiger partial charge in [-0.1, -0.05) is 70.2 Å². The summed E-state index contributed by atoms with van der Waals surface area (Å²) < 4.78 is 12.0. The molecular formula is C28H32O4. The van der Waals surface area contributed by atoms with Crippen molar-refractivity contribution in [2.45, 2.75) is 59.7 Å². The largest absolute Gasteiger partial charge is 0.489 e. The number of aromatic carboxylic acids is 1. The molecular weight excluding hydrogens is 400 g/mol. The van der Waals surface area contributed by atoms with Crippen LogP contribution in [0.3, 0.4) is 0 Å². The van der Waals surface area contributed by atoms with Crippen molar-refractivity contribution < 1.29 is 19.4 Å². The molecule has 168 valence electrons. The molecule has 3 aromatic carbocycles. The molecule has 3 rings (SSSR count). The monoisotopic (exact) mass is 432 g/mol. The van der Waals surface area contributed by atoms with Crippen LogP contribution in [0.15, 0.2) is 60.7 Å². The fourth-order valence-electron chi connectivity index (χ4n) is 3.77. The van der Waals surface area contributed by atoms with Gasteiger partial charge in [-0.15, -0.1) is 0 Å². The Hall–Kier alpha value is -3.27. The third kappa shape index (κ3) is 5.70. The van der Waals surface area contributed by atoms with Gasteiger partial charge in [-0.25, -0.2) is 4.79 Å². The van der Waals surface area contributed by atoms with Crippen LogP contribution in [0.25, 0.3) is 0 Å². The molecule has 0 aliphatic carbocycles. The number of carbonyl (C=O) groups is 1. The number of carboxylic acid groups (broad SMARTS) is 1. The molecule has 3 aromatic rings. The van der Waals surface area contributed by atoms with E-state index >= 15 is 0 Å². The van der Waals surface area contributed by atoms with Crippen molar-refractivity contribution in [3.05, 3.63) is 94.0 Å². The highest BCUT2D eigenvalue weighted by molar-refractivity contribution is 5.91. The van der Waals surface area contributed by atoms with Crippen LogP contribution in [0.4, 0.5) is 0 Å². The smallest absolute Gasteiger partial charge is 0.336 e. The quantitative estimate of drug-likeness (QED) is 0.392. The van der Waals surface area contributed by atoms with Gasteiger partial charge in [-0.2, -0.15) is 0 Å². The van der Waals surface area contributed by atoms with E-state index in [1.165, 1.54) is 16.7 Å². The van der Waals surface area contributed by atoms with Gasteiger partial charge in [0.15, 0.2) is 0 Å². The second kappa shape index (κ2) is 10.4. The average Bonchev–Trinajstić information content (AvgIpc) is 2.76. The van der Waals surface area contributed by atoms with Crippen LogP contribution in [-0.4, -0.2) is 11.1 Å². The molecule has 0 fully saturated rings. The van der Waals surface area contributed by atoms with Gasteiger partial charge < -0.3 is 14.6 Å². The number of hydrogen-bond acceptors (Lipinski definition) is 3. The molecule has 0 radical (unpaired) electrons. The zero-order valence-corrected chi connectivity index (χ0v) is 19.5. The van der Waals surface area contributed by atoms with Gasteiger partial charge >= 0.3 is 5.97 Å². The van der Waals surface area contributed by atoms with E-state index in [1.807, 2.05) is 30.3 Å². The first-order valence-electron chi connectivity index (χ1n) is 11.1. The van der Waals surface area contributed by atoms with Crippen LogP contribution in [0.5, 0.6) is 11.5 Å². The van der Waals surface area contributed by atoms with Gasteiger partial charge in [-0.05, 0) is 53.1 Å². The van der Waals surface area contributed by atoms with E-state index in [2.05, 4.69) is 45.9 Å². The van der Waals surface area contributed by atoms with Gasteiger partial charge in [0.25, 0.3) is 0 Å². The maximum atomic E-state index is 11.6. The Balaban J connectivity index is 1.70. The first kappa shape index (κ1) is 23.4. The van der Waals surface area contributed by atoms with Crippen molar-refractivity contribution in [2.75, 3.05) is 0 Å². The molecule has 4 heteroatoms. The lowest BCUT2D eigenvalue weighted by atomic mass is 9.92. The lowest BCUT2D eigenvalue weighted by Crippen LogP contribution is -2.08. The number of aryl methyl sites for hydroxylation is 1. The van der Waals surface area contributed by atoms with E-state index in [4.69, 9.17) is 9.47 Å². The van der Waals surface area contributed by atoms with E-state index in [-0.39, 0.29) is 6.61 Å². The lowest BCUT2D eigenvalue weighted by Gasteiger charge is -2.17. The van der Waals surface area contributed by atoms with E-state index in [0.717, 1.165) is 5.56 Å². The Morgan fingerprint density at radius 2 is 1.44 bits per heavy atom. The maximum Gasteiger partial charge on any atom is 0.336 e. The second-order valence-electron chi connectivity index (χ2n) is 8.73. The van der Waals surface area contributed by atoms with Crippen molar-refractivity contribution in [1.29, 1.82) is 0 Å². The molecule has 0 spiro atoms. The number of carboxylic acids is 1. The third-order valence-electron chi connectivity index (χ3n) is 5.63. The Morgan fingerprint density at radius 1 is 0.812 bits per heavy atom. The molecule has 32 heavy (non-hydrogen) atoms. The second-order valence-corrected chi connectivity index (χ2v) is 8.73. The lowest BCUT2D eigenvalue weighted by molar-refractivity contribution is 0.0693. The first-order chi connectivity index (χ1) is 15.3.